The monoisotopic (exact) mass is 335 g/mol. The number of esters is 1. The lowest BCUT2D eigenvalue weighted by atomic mass is 10.2. The smallest absolute Gasteiger partial charge is 0.412 e. The molecule has 1 aliphatic heterocycles. The molecule has 1 aromatic heterocycles. The van der Waals surface area contributed by atoms with E-state index in [0.717, 1.165) is 18.9 Å². The Bertz CT molecular complexity index is 819. The van der Waals surface area contributed by atoms with Crippen molar-refractivity contribution in [3.63, 3.8) is 0 Å². The Labute approximate surface area is 138 Å². The molecule has 1 fully saturated rings. The molecule has 0 N–H and O–H groups in total. The second-order valence-corrected chi connectivity index (χ2v) is 5.73. The number of ether oxygens (including phenoxy) is 1. The fraction of sp³-hybridized carbons (Fsp3) is 0.438. The van der Waals surface area contributed by atoms with E-state index in [4.69, 9.17) is 4.74 Å². The first-order valence-electron chi connectivity index (χ1n) is 7.86. The van der Waals surface area contributed by atoms with E-state index in [9.17, 15) is 19.6 Å². The minimum atomic E-state index is -0.902. The highest BCUT2D eigenvalue weighted by Crippen LogP contribution is 2.26. The van der Waals surface area contributed by atoms with E-state index in [2.05, 4.69) is 0 Å². The number of nitrogens with zero attached hydrogens (tertiary/aromatic N) is 3. The van der Waals surface area contributed by atoms with E-state index in [0.29, 0.717) is 23.5 Å². The van der Waals surface area contributed by atoms with Crippen molar-refractivity contribution in [2.45, 2.75) is 26.7 Å². The van der Waals surface area contributed by atoms with Crippen LogP contribution in [0.5, 0.6) is 0 Å². The van der Waals surface area contributed by atoms with Crippen LogP contribution in [0.15, 0.2) is 12.1 Å². The highest BCUT2D eigenvalue weighted by Gasteiger charge is 2.33. The molecule has 8 heteroatoms. The average molecular weight is 335 g/mol. The van der Waals surface area contributed by atoms with Gasteiger partial charge in [-0.3, -0.25) is 0 Å². The number of hydrogen-bond acceptors (Lipinski definition) is 5. The van der Waals surface area contributed by atoms with E-state index < -0.39 is 17.5 Å². The van der Waals surface area contributed by atoms with Gasteiger partial charge < -0.3 is 20.1 Å². The molecule has 0 bridgehead atoms. The predicted octanol–water partition coefficient (Wildman–Crippen LogP) is 1.33. The maximum Gasteiger partial charge on any atom is 0.412 e. The fourth-order valence-corrected chi connectivity index (χ4v) is 3.04. The van der Waals surface area contributed by atoms with Crippen molar-refractivity contribution in [2.75, 3.05) is 24.6 Å². The van der Waals surface area contributed by atoms with Gasteiger partial charge in [-0.2, -0.15) is 4.73 Å². The number of rotatable bonds is 3. The topological polar surface area (TPSA) is 83.4 Å². The van der Waals surface area contributed by atoms with Crippen LogP contribution in [0.2, 0.25) is 0 Å². The second kappa shape index (κ2) is 6.10. The van der Waals surface area contributed by atoms with E-state index in [1.165, 1.54) is 13.0 Å². The van der Waals surface area contributed by atoms with Gasteiger partial charge in [0.15, 0.2) is 5.82 Å². The number of anilines is 1. The largest absolute Gasteiger partial charge is 0.618 e. The third kappa shape index (κ3) is 2.47. The Morgan fingerprint density at radius 2 is 1.88 bits per heavy atom. The molecule has 0 amide bonds. The molecule has 0 spiro atoms. The van der Waals surface area contributed by atoms with Crippen LogP contribution in [-0.4, -0.2) is 25.7 Å². The van der Waals surface area contributed by atoms with Crippen molar-refractivity contribution < 1.29 is 23.4 Å². The third-order valence-corrected chi connectivity index (χ3v) is 4.25. The SMILES string of the molecule is CCOC(=O)c1c(C)[n+]([O-])c2cc(N3CCCC3)c(F)cc2[n+]1[O-]. The summed E-state index contributed by atoms with van der Waals surface area (Å²) in [5, 5.41) is 25.0. The summed E-state index contributed by atoms with van der Waals surface area (Å²) in [6.07, 6.45) is 1.91. The summed E-state index contributed by atoms with van der Waals surface area (Å²) >= 11 is 0. The number of aromatic nitrogens is 2. The summed E-state index contributed by atoms with van der Waals surface area (Å²) in [7, 11) is 0. The van der Waals surface area contributed by atoms with Crippen molar-refractivity contribution >= 4 is 22.7 Å². The molecule has 0 saturated carbocycles. The van der Waals surface area contributed by atoms with Gasteiger partial charge in [0.1, 0.15) is 0 Å². The van der Waals surface area contributed by atoms with Crippen molar-refractivity contribution in [1.82, 2.24) is 0 Å². The molecule has 3 rings (SSSR count). The Morgan fingerprint density at radius 3 is 2.50 bits per heavy atom. The first-order chi connectivity index (χ1) is 11.5. The summed E-state index contributed by atoms with van der Waals surface area (Å²) in [6, 6.07) is 2.38. The predicted molar refractivity (Wildman–Crippen MR) is 84.0 cm³/mol. The van der Waals surface area contributed by atoms with Crippen LogP contribution in [0.3, 0.4) is 0 Å². The molecule has 0 radical (unpaired) electrons. The number of hydrogen-bond donors (Lipinski definition) is 0. The minimum Gasteiger partial charge on any atom is -0.618 e. The van der Waals surface area contributed by atoms with Gasteiger partial charge in [0.25, 0.3) is 16.7 Å². The molecular formula is C16H18FN3O4. The average Bonchev–Trinajstić information content (AvgIpc) is 3.07. The van der Waals surface area contributed by atoms with E-state index in [1.807, 2.05) is 4.90 Å². The zero-order valence-corrected chi connectivity index (χ0v) is 13.5. The van der Waals surface area contributed by atoms with Gasteiger partial charge in [0.2, 0.25) is 0 Å². The quantitative estimate of drug-likeness (QED) is 0.480. The van der Waals surface area contributed by atoms with Gasteiger partial charge in [-0.15, -0.1) is 4.73 Å². The lowest BCUT2D eigenvalue weighted by Crippen LogP contribution is -2.47. The first-order valence-corrected chi connectivity index (χ1v) is 7.86. The zero-order chi connectivity index (χ0) is 17.4. The molecule has 0 aliphatic carbocycles. The fourth-order valence-electron chi connectivity index (χ4n) is 3.04. The van der Waals surface area contributed by atoms with Gasteiger partial charge in [-0.1, -0.05) is 0 Å². The lowest BCUT2D eigenvalue weighted by Gasteiger charge is -2.18. The molecule has 7 nitrogen and oxygen atoms in total. The molecule has 2 aromatic rings. The van der Waals surface area contributed by atoms with Crippen LogP contribution >= 0.6 is 0 Å². The zero-order valence-electron chi connectivity index (χ0n) is 13.5. The van der Waals surface area contributed by atoms with Crippen LogP contribution in [0.4, 0.5) is 10.1 Å². The van der Waals surface area contributed by atoms with E-state index in [-0.39, 0.29) is 28.1 Å². The van der Waals surface area contributed by atoms with Crippen molar-refractivity contribution in [1.29, 1.82) is 0 Å². The number of carbonyl (C=O) groups excluding carboxylic acids is 1. The summed E-state index contributed by atoms with van der Waals surface area (Å²) in [5.41, 5.74) is -0.367. The summed E-state index contributed by atoms with van der Waals surface area (Å²) < 4.78 is 20.0. The van der Waals surface area contributed by atoms with Gasteiger partial charge in [-0.25, -0.2) is 9.18 Å². The maximum atomic E-state index is 14.4. The van der Waals surface area contributed by atoms with Crippen LogP contribution < -0.4 is 14.4 Å². The highest BCUT2D eigenvalue weighted by atomic mass is 19.1. The normalized spacial score (nSPS) is 14.4. The molecule has 24 heavy (non-hydrogen) atoms. The molecule has 1 saturated heterocycles. The number of fused-ring (bicyclic) bond motifs is 1. The van der Waals surface area contributed by atoms with Crippen molar-refractivity contribution in [2.24, 2.45) is 0 Å². The summed E-state index contributed by atoms with van der Waals surface area (Å²) in [6.45, 7) is 4.44. The number of benzene rings is 1. The molecule has 1 aliphatic rings. The van der Waals surface area contributed by atoms with Gasteiger partial charge in [0.05, 0.1) is 18.4 Å². The standard InChI is InChI=1S/C16H18FN3O4/c1-3-24-16(21)15-10(2)19(22)14-9-12(18-6-4-5-7-18)11(17)8-13(14)20(15)23/h8-9H,3-7H2,1-2H3. The molecule has 1 aromatic carbocycles. The van der Waals surface area contributed by atoms with Crippen molar-refractivity contribution in [3.05, 3.63) is 39.8 Å². The third-order valence-electron chi connectivity index (χ3n) is 4.25. The number of carbonyl (C=O) groups is 1. The van der Waals surface area contributed by atoms with Gasteiger partial charge in [0, 0.05) is 26.1 Å². The van der Waals surface area contributed by atoms with E-state index >= 15 is 0 Å². The first kappa shape index (κ1) is 16.2. The lowest BCUT2D eigenvalue weighted by molar-refractivity contribution is -0.635. The minimum absolute atomic E-state index is 0.0267. The van der Waals surface area contributed by atoms with Crippen LogP contribution in [0.25, 0.3) is 11.0 Å². The molecule has 128 valence electrons. The van der Waals surface area contributed by atoms with Gasteiger partial charge >= 0.3 is 11.7 Å². The molecule has 0 unspecified atom stereocenters. The van der Waals surface area contributed by atoms with E-state index in [1.54, 1.807) is 6.92 Å². The Kier molecular flexibility index (Phi) is 4.13. The highest BCUT2D eigenvalue weighted by molar-refractivity contribution is 5.87. The Balaban J connectivity index is 2.23. The summed E-state index contributed by atoms with van der Waals surface area (Å²) in [5.74, 6) is -1.49. The number of halogens is 1. The van der Waals surface area contributed by atoms with Crippen molar-refractivity contribution in [3.8, 4) is 0 Å². The molecule has 2 heterocycles. The maximum absolute atomic E-state index is 14.4. The van der Waals surface area contributed by atoms with Crippen LogP contribution in [0, 0.1) is 23.2 Å². The molecular weight excluding hydrogens is 317 g/mol. The second-order valence-electron chi connectivity index (χ2n) is 5.73. The van der Waals surface area contributed by atoms with Gasteiger partial charge in [-0.05, 0) is 19.8 Å². The Hall–Kier alpha value is -2.64. The van der Waals surface area contributed by atoms with Crippen LogP contribution in [0.1, 0.15) is 35.9 Å². The molecule has 0 atom stereocenters. The Morgan fingerprint density at radius 1 is 1.25 bits per heavy atom. The summed E-state index contributed by atoms with van der Waals surface area (Å²) in [4.78, 5) is 13.8. The van der Waals surface area contributed by atoms with Crippen LogP contribution in [-0.2, 0) is 4.74 Å².